The molecule has 0 bridgehead atoms. The van der Waals surface area contributed by atoms with Gasteiger partial charge in [-0.2, -0.15) is 11.8 Å². The fraction of sp³-hybridized carbons (Fsp3) is 0.778. The standard InChI is InChI=1S/C9H17N3O2S/c10-5-8(13)11-6-9(14)12-7-1-3-15-4-2-7/h7H,1-6,10H2,(H,11,13)(H,12,14). The maximum atomic E-state index is 11.4. The van der Waals surface area contributed by atoms with E-state index in [0.717, 1.165) is 24.3 Å². The molecular weight excluding hydrogens is 214 g/mol. The molecule has 1 saturated heterocycles. The van der Waals surface area contributed by atoms with E-state index in [2.05, 4.69) is 10.6 Å². The fourth-order valence-corrected chi connectivity index (χ4v) is 2.48. The maximum absolute atomic E-state index is 11.4. The van der Waals surface area contributed by atoms with Crippen molar-refractivity contribution < 1.29 is 9.59 Å². The number of carbonyl (C=O) groups is 2. The second-order valence-corrected chi connectivity index (χ2v) is 4.66. The number of amides is 2. The average molecular weight is 231 g/mol. The number of nitrogens with two attached hydrogens (primary N) is 1. The SMILES string of the molecule is NCC(=O)NCC(=O)NC1CCSCC1. The first-order valence-electron chi connectivity index (χ1n) is 5.06. The van der Waals surface area contributed by atoms with Crippen molar-refractivity contribution in [2.24, 2.45) is 5.73 Å². The summed E-state index contributed by atoms with van der Waals surface area (Å²) in [6, 6.07) is 0.272. The van der Waals surface area contributed by atoms with Crippen molar-refractivity contribution in [1.82, 2.24) is 10.6 Å². The number of nitrogens with one attached hydrogen (secondary N) is 2. The van der Waals surface area contributed by atoms with E-state index in [9.17, 15) is 9.59 Å². The zero-order chi connectivity index (χ0) is 11.1. The van der Waals surface area contributed by atoms with Crippen LogP contribution in [0.15, 0.2) is 0 Å². The van der Waals surface area contributed by atoms with Gasteiger partial charge in [0.2, 0.25) is 11.8 Å². The first kappa shape index (κ1) is 12.3. The minimum absolute atomic E-state index is 0.0275. The van der Waals surface area contributed by atoms with E-state index in [1.165, 1.54) is 0 Å². The summed E-state index contributed by atoms with van der Waals surface area (Å²) in [6.07, 6.45) is 2.03. The van der Waals surface area contributed by atoms with Crippen molar-refractivity contribution in [1.29, 1.82) is 0 Å². The van der Waals surface area contributed by atoms with Crippen LogP contribution in [0.5, 0.6) is 0 Å². The molecule has 5 nitrogen and oxygen atoms in total. The van der Waals surface area contributed by atoms with E-state index >= 15 is 0 Å². The van der Waals surface area contributed by atoms with E-state index in [4.69, 9.17) is 5.73 Å². The smallest absolute Gasteiger partial charge is 0.239 e. The van der Waals surface area contributed by atoms with E-state index in [1.54, 1.807) is 0 Å². The lowest BCUT2D eigenvalue weighted by molar-refractivity contribution is -0.125. The summed E-state index contributed by atoms with van der Waals surface area (Å²) in [6.45, 7) is -0.0486. The highest BCUT2D eigenvalue weighted by Crippen LogP contribution is 2.16. The van der Waals surface area contributed by atoms with Crippen LogP contribution in [0.3, 0.4) is 0 Å². The molecule has 0 spiro atoms. The minimum atomic E-state index is -0.302. The fourth-order valence-electron chi connectivity index (χ4n) is 1.37. The molecule has 0 aromatic carbocycles. The molecule has 0 saturated carbocycles. The van der Waals surface area contributed by atoms with Crippen LogP contribution in [0, 0.1) is 0 Å². The van der Waals surface area contributed by atoms with Crippen LogP contribution in [0.25, 0.3) is 0 Å². The van der Waals surface area contributed by atoms with Crippen molar-refractivity contribution in [3.05, 3.63) is 0 Å². The van der Waals surface area contributed by atoms with Gasteiger partial charge in [0, 0.05) is 6.04 Å². The summed E-state index contributed by atoms with van der Waals surface area (Å²) in [5, 5.41) is 5.33. The Labute approximate surface area is 93.5 Å². The summed E-state index contributed by atoms with van der Waals surface area (Å²) in [7, 11) is 0. The Morgan fingerprint density at radius 2 is 1.93 bits per heavy atom. The number of hydrogen-bond donors (Lipinski definition) is 3. The molecule has 0 aromatic heterocycles. The molecule has 0 aromatic rings. The Morgan fingerprint density at radius 3 is 2.53 bits per heavy atom. The molecule has 4 N–H and O–H groups in total. The molecular formula is C9H17N3O2S. The van der Waals surface area contributed by atoms with Gasteiger partial charge >= 0.3 is 0 Å². The van der Waals surface area contributed by atoms with Gasteiger partial charge in [-0.05, 0) is 24.3 Å². The van der Waals surface area contributed by atoms with E-state index in [0.29, 0.717) is 0 Å². The summed E-state index contributed by atoms with van der Waals surface area (Å²) in [5.74, 6) is 1.76. The Balaban J connectivity index is 2.14. The molecule has 1 heterocycles. The first-order chi connectivity index (χ1) is 7.22. The molecule has 1 rings (SSSR count). The summed E-state index contributed by atoms with van der Waals surface area (Å²) < 4.78 is 0. The largest absolute Gasteiger partial charge is 0.352 e. The van der Waals surface area contributed by atoms with Crippen LogP contribution in [0.1, 0.15) is 12.8 Å². The van der Waals surface area contributed by atoms with E-state index in [-0.39, 0.29) is 30.9 Å². The van der Waals surface area contributed by atoms with Gasteiger partial charge in [0.05, 0.1) is 13.1 Å². The van der Waals surface area contributed by atoms with Gasteiger partial charge in [-0.25, -0.2) is 0 Å². The Morgan fingerprint density at radius 1 is 1.27 bits per heavy atom. The van der Waals surface area contributed by atoms with Crippen molar-refractivity contribution in [3.63, 3.8) is 0 Å². The van der Waals surface area contributed by atoms with Gasteiger partial charge in [0.25, 0.3) is 0 Å². The van der Waals surface area contributed by atoms with Crippen molar-refractivity contribution in [3.8, 4) is 0 Å². The van der Waals surface area contributed by atoms with Gasteiger partial charge in [0.1, 0.15) is 0 Å². The zero-order valence-electron chi connectivity index (χ0n) is 8.62. The van der Waals surface area contributed by atoms with Gasteiger partial charge in [-0.3, -0.25) is 9.59 Å². The van der Waals surface area contributed by atoms with Crippen LogP contribution in [-0.4, -0.2) is 42.5 Å². The van der Waals surface area contributed by atoms with Crippen LogP contribution >= 0.6 is 11.8 Å². The zero-order valence-corrected chi connectivity index (χ0v) is 9.44. The average Bonchev–Trinajstić information content (AvgIpc) is 2.27. The molecule has 0 aliphatic carbocycles. The predicted octanol–water partition coefficient (Wildman–Crippen LogP) is -0.927. The van der Waals surface area contributed by atoms with Gasteiger partial charge in [-0.1, -0.05) is 0 Å². The van der Waals surface area contributed by atoms with Crippen LogP contribution < -0.4 is 16.4 Å². The highest BCUT2D eigenvalue weighted by Gasteiger charge is 2.15. The molecule has 1 aliphatic heterocycles. The third kappa shape index (κ3) is 5.03. The normalized spacial score (nSPS) is 17.1. The second-order valence-electron chi connectivity index (χ2n) is 3.44. The molecule has 6 heteroatoms. The monoisotopic (exact) mass is 231 g/mol. The Bertz CT molecular complexity index is 229. The Kier molecular flexibility index (Phi) is 5.49. The van der Waals surface area contributed by atoms with E-state index < -0.39 is 0 Å². The summed E-state index contributed by atoms with van der Waals surface area (Å²) >= 11 is 1.91. The van der Waals surface area contributed by atoms with Gasteiger partial charge in [0.15, 0.2) is 0 Å². The maximum Gasteiger partial charge on any atom is 0.239 e. The van der Waals surface area contributed by atoms with Crippen molar-refractivity contribution in [2.45, 2.75) is 18.9 Å². The lowest BCUT2D eigenvalue weighted by Gasteiger charge is -2.22. The molecule has 2 amide bonds. The van der Waals surface area contributed by atoms with Crippen LogP contribution in [-0.2, 0) is 9.59 Å². The van der Waals surface area contributed by atoms with Crippen molar-refractivity contribution >= 4 is 23.6 Å². The molecule has 86 valence electrons. The second kappa shape index (κ2) is 6.68. The minimum Gasteiger partial charge on any atom is -0.352 e. The lowest BCUT2D eigenvalue weighted by atomic mass is 10.1. The molecule has 0 unspecified atom stereocenters. The number of thioether (sulfide) groups is 1. The summed E-state index contributed by atoms with van der Waals surface area (Å²) in [4.78, 5) is 22.1. The van der Waals surface area contributed by atoms with E-state index in [1.807, 2.05) is 11.8 Å². The number of hydrogen-bond acceptors (Lipinski definition) is 4. The summed E-state index contributed by atoms with van der Waals surface area (Å²) in [5.41, 5.74) is 5.10. The molecule has 0 atom stereocenters. The Hall–Kier alpha value is -0.750. The predicted molar refractivity (Wildman–Crippen MR) is 60.6 cm³/mol. The van der Waals surface area contributed by atoms with Gasteiger partial charge < -0.3 is 16.4 Å². The van der Waals surface area contributed by atoms with Crippen molar-refractivity contribution in [2.75, 3.05) is 24.6 Å². The molecule has 0 radical (unpaired) electrons. The highest BCUT2D eigenvalue weighted by molar-refractivity contribution is 7.99. The number of rotatable bonds is 4. The quantitative estimate of drug-likeness (QED) is 0.584. The number of carbonyl (C=O) groups excluding carboxylic acids is 2. The third-order valence-electron chi connectivity index (χ3n) is 2.22. The molecule has 1 fully saturated rings. The van der Waals surface area contributed by atoms with Crippen LogP contribution in [0.2, 0.25) is 0 Å². The lowest BCUT2D eigenvalue weighted by Crippen LogP contribution is -2.44. The molecule has 1 aliphatic rings. The van der Waals surface area contributed by atoms with Crippen LogP contribution in [0.4, 0.5) is 0 Å². The topological polar surface area (TPSA) is 84.2 Å². The third-order valence-corrected chi connectivity index (χ3v) is 3.27. The highest BCUT2D eigenvalue weighted by atomic mass is 32.2. The molecule has 15 heavy (non-hydrogen) atoms. The van der Waals surface area contributed by atoms with Gasteiger partial charge in [-0.15, -0.1) is 0 Å². The first-order valence-corrected chi connectivity index (χ1v) is 6.21.